The van der Waals surface area contributed by atoms with Gasteiger partial charge in [0, 0.05) is 12.5 Å². The summed E-state index contributed by atoms with van der Waals surface area (Å²) in [6, 6.07) is 4.45. The number of ketones is 1. The van der Waals surface area contributed by atoms with Gasteiger partial charge in [-0.1, -0.05) is 53.7 Å². The molecule has 1 aromatic carbocycles. The van der Waals surface area contributed by atoms with Crippen molar-refractivity contribution < 1.29 is 18.7 Å². The summed E-state index contributed by atoms with van der Waals surface area (Å²) in [6.45, 7) is 12.1. The van der Waals surface area contributed by atoms with E-state index in [0.29, 0.717) is 12.5 Å². The van der Waals surface area contributed by atoms with E-state index in [0.717, 1.165) is 16.7 Å². The molecule has 0 spiro atoms. The lowest BCUT2D eigenvalue weighted by Gasteiger charge is -2.28. The normalized spacial score (nSPS) is 12.5. The summed E-state index contributed by atoms with van der Waals surface area (Å²) in [4.78, 5) is 14.3. The molecule has 0 amide bonds. The smallest absolute Gasteiger partial charge is 0.194 e. The molecule has 1 aromatic heterocycles. The number of H-pyrrole nitrogens is 1. The Morgan fingerprint density at radius 3 is 1.88 bits per heavy atom. The second-order valence-electron chi connectivity index (χ2n) is 8.80. The Hall–Kier alpha value is -2.17. The summed E-state index contributed by atoms with van der Waals surface area (Å²) >= 11 is 0. The monoisotopic (exact) mass is 363 g/mol. The largest absolute Gasteiger partial charge is 0.507 e. The third-order valence-corrected chi connectivity index (χ3v) is 4.44. The van der Waals surface area contributed by atoms with Gasteiger partial charge < -0.3 is 10.1 Å². The van der Waals surface area contributed by atoms with Crippen molar-refractivity contribution in [2.75, 3.05) is 0 Å². The van der Waals surface area contributed by atoms with Gasteiger partial charge in [0.1, 0.15) is 11.4 Å². The Balaban J connectivity index is 2.34. The fraction of sp³-hybridized carbons (Fsp3) is 0.476. The van der Waals surface area contributed by atoms with Gasteiger partial charge >= 0.3 is 0 Å². The maximum atomic E-state index is 13.6. The van der Waals surface area contributed by atoms with Crippen LogP contribution in [0.3, 0.4) is 0 Å². The number of carbonyl (C=O) groups is 1. The van der Waals surface area contributed by atoms with E-state index in [-0.39, 0.29) is 28.7 Å². The molecule has 142 valence electrons. The molecule has 2 rings (SSSR count). The van der Waals surface area contributed by atoms with Gasteiger partial charge in [0.25, 0.3) is 0 Å². The standard InChI is InChI=1S/C21H27F2NO2/c1-20(2,3)13-9-12(10-14(19(13)26)21(4,5)6)7-8-16(25)18-15(22)11-17(23)24-18/h9-11,24,26H,7-8H2,1-6H3. The number of aryl methyl sites for hydroxylation is 1. The first kappa shape index (κ1) is 20.1. The number of rotatable bonds is 4. The summed E-state index contributed by atoms with van der Waals surface area (Å²) in [5.41, 5.74) is 1.65. The van der Waals surface area contributed by atoms with Crippen LogP contribution in [0.5, 0.6) is 5.75 Å². The van der Waals surface area contributed by atoms with Crippen molar-refractivity contribution in [2.24, 2.45) is 0 Å². The number of aromatic nitrogens is 1. The Kier molecular flexibility index (Phi) is 5.31. The molecular weight excluding hydrogens is 336 g/mol. The molecule has 0 aliphatic rings. The first-order valence-electron chi connectivity index (χ1n) is 8.74. The molecule has 5 heteroatoms. The summed E-state index contributed by atoms with van der Waals surface area (Å²) < 4.78 is 26.6. The summed E-state index contributed by atoms with van der Waals surface area (Å²) in [5.74, 6) is -1.93. The van der Waals surface area contributed by atoms with Crippen LogP contribution >= 0.6 is 0 Å². The number of hydrogen-bond acceptors (Lipinski definition) is 2. The van der Waals surface area contributed by atoms with Crippen molar-refractivity contribution in [1.82, 2.24) is 4.98 Å². The topological polar surface area (TPSA) is 53.1 Å². The van der Waals surface area contributed by atoms with Crippen LogP contribution in [-0.2, 0) is 17.3 Å². The molecule has 2 aromatic rings. The number of hydrogen-bond donors (Lipinski definition) is 2. The van der Waals surface area contributed by atoms with Gasteiger partial charge in [-0.15, -0.1) is 0 Å². The SMILES string of the molecule is CC(C)(C)c1cc(CCC(=O)c2[nH]c(F)cc2F)cc(C(C)(C)C)c1O. The van der Waals surface area contributed by atoms with E-state index in [9.17, 15) is 18.7 Å². The zero-order valence-corrected chi connectivity index (χ0v) is 16.3. The van der Waals surface area contributed by atoms with E-state index in [2.05, 4.69) is 4.98 Å². The highest BCUT2D eigenvalue weighted by molar-refractivity contribution is 5.94. The van der Waals surface area contributed by atoms with Gasteiger partial charge in [0.05, 0.1) is 0 Å². The lowest BCUT2D eigenvalue weighted by Crippen LogP contribution is -2.18. The highest BCUT2D eigenvalue weighted by Crippen LogP contribution is 2.40. The van der Waals surface area contributed by atoms with Crippen LogP contribution in [0.25, 0.3) is 0 Å². The van der Waals surface area contributed by atoms with Gasteiger partial charge in [0.15, 0.2) is 17.5 Å². The number of nitrogens with one attached hydrogen (secondary N) is 1. The molecule has 0 aliphatic heterocycles. The second-order valence-corrected chi connectivity index (χ2v) is 8.80. The van der Waals surface area contributed by atoms with Crippen LogP contribution in [0.15, 0.2) is 18.2 Å². The van der Waals surface area contributed by atoms with Crippen molar-refractivity contribution in [3.8, 4) is 5.75 Å². The number of halogens is 2. The number of phenolic OH excluding ortho intramolecular Hbond substituents is 1. The lowest BCUT2D eigenvalue weighted by atomic mass is 9.78. The van der Waals surface area contributed by atoms with Gasteiger partial charge in [-0.05, 0) is 33.9 Å². The molecule has 3 nitrogen and oxygen atoms in total. The number of benzene rings is 1. The van der Waals surface area contributed by atoms with Crippen molar-refractivity contribution in [1.29, 1.82) is 0 Å². The highest BCUT2D eigenvalue weighted by atomic mass is 19.1. The molecule has 0 saturated carbocycles. The molecule has 0 fully saturated rings. The minimum Gasteiger partial charge on any atom is -0.507 e. The average Bonchev–Trinajstić information content (AvgIpc) is 2.82. The minimum atomic E-state index is -0.871. The first-order chi connectivity index (χ1) is 11.8. The van der Waals surface area contributed by atoms with Crippen LogP contribution < -0.4 is 0 Å². The Bertz CT molecular complexity index is 789. The summed E-state index contributed by atoms with van der Waals surface area (Å²) in [7, 11) is 0. The molecule has 0 atom stereocenters. The number of carbonyl (C=O) groups excluding carboxylic acids is 1. The van der Waals surface area contributed by atoms with E-state index in [4.69, 9.17) is 0 Å². The molecule has 0 aliphatic carbocycles. The molecule has 0 bridgehead atoms. The molecule has 0 radical (unpaired) electrons. The van der Waals surface area contributed by atoms with E-state index < -0.39 is 17.5 Å². The third-order valence-electron chi connectivity index (χ3n) is 4.44. The lowest BCUT2D eigenvalue weighted by molar-refractivity contribution is 0.0974. The van der Waals surface area contributed by atoms with E-state index in [1.165, 1.54) is 0 Å². The third kappa shape index (κ3) is 4.32. The van der Waals surface area contributed by atoms with Gasteiger partial charge in [-0.2, -0.15) is 4.39 Å². The quantitative estimate of drug-likeness (QED) is 0.714. The summed E-state index contributed by atoms with van der Waals surface area (Å²) in [5, 5.41) is 10.7. The molecule has 0 unspecified atom stereocenters. The zero-order chi connectivity index (χ0) is 19.9. The Morgan fingerprint density at radius 2 is 1.50 bits per heavy atom. The fourth-order valence-corrected chi connectivity index (χ4v) is 2.97. The number of phenols is 1. The maximum absolute atomic E-state index is 13.6. The van der Waals surface area contributed by atoms with Crippen LogP contribution in [0, 0.1) is 11.8 Å². The minimum absolute atomic E-state index is 0.0504. The van der Waals surface area contributed by atoms with E-state index in [1.54, 1.807) is 0 Å². The zero-order valence-electron chi connectivity index (χ0n) is 16.3. The number of aromatic amines is 1. The van der Waals surface area contributed by atoms with Crippen LogP contribution in [-0.4, -0.2) is 15.9 Å². The molecule has 26 heavy (non-hydrogen) atoms. The van der Waals surface area contributed by atoms with E-state index in [1.807, 2.05) is 53.7 Å². The molecule has 0 saturated heterocycles. The average molecular weight is 363 g/mol. The predicted octanol–water partition coefficient (Wildman–Crippen LogP) is 5.41. The van der Waals surface area contributed by atoms with Crippen molar-refractivity contribution in [2.45, 2.75) is 65.2 Å². The van der Waals surface area contributed by atoms with Gasteiger partial charge in [-0.25, -0.2) is 4.39 Å². The maximum Gasteiger partial charge on any atom is 0.194 e. The molecule has 2 N–H and O–H groups in total. The van der Waals surface area contributed by atoms with Gasteiger partial charge in [-0.3, -0.25) is 4.79 Å². The molecule has 1 heterocycles. The number of Topliss-reactive ketones (excluding diaryl/α,β-unsaturated/α-hetero) is 1. The van der Waals surface area contributed by atoms with Crippen LogP contribution in [0.4, 0.5) is 8.78 Å². The predicted molar refractivity (Wildman–Crippen MR) is 98.9 cm³/mol. The van der Waals surface area contributed by atoms with Crippen molar-refractivity contribution in [3.05, 3.63) is 52.3 Å². The van der Waals surface area contributed by atoms with Crippen LogP contribution in [0.2, 0.25) is 0 Å². The summed E-state index contributed by atoms with van der Waals surface area (Å²) in [6.07, 6.45) is 0.431. The van der Waals surface area contributed by atoms with Crippen molar-refractivity contribution in [3.63, 3.8) is 0 Å². The highest BCUT2D eigenvalue weighted by Gasteiger charge is 2.26. The van der Waals surface area contributed by atoms with Crippen LogP contribution in [0.1, 0.15) is 75.1 Å². The first-order valence-corrected chi connectivity index (χ1v) is 8.74. The number of aromatic hydroxyl groups is 1. The second kappa shape index (κ2) is 6.86. The van der Waals surface area contributed by atoms with Crippen molar-refractivity contribution >= 4 is 5.78 Å². The Morgan fingerprint density at radius 1 is 1.00 bits per heavy atom. The van der Waals surface area contributed by atoms with E-state index >= 15 is 0 Å². The fourth-order valence-electron chi connectivity index (χ4n) is 2.97. The van der Waals surface area contributed by atoms with Gasteiger partial charge in [0.2, 0.25) is 0 Å². The Labute approximate surface area is 153 Å². The molecular formula is C21H27F2NO2.